The maximum atomic E-state index is 13.7. The largest absolute Gasteiger partial charge is 0.460 e. The number of esters is 1. The number of amides is 1. The molecule has 1 amide bonds. The first-order chi connectivity index (χ1) is 16.3. The fourth-order valence-electron chi connectivity index (χ4n) is 4.22. The zero-order chi connectivity index (χ0) is 25.8. The molecule has 0 spiro atoms. The summed E-state index contributed by atoms with van der Waals surface area (Å²) >= 11 is 0. The number of H-pyrrole nitrogens is 1. The minimum atomic E-state index is -5.16. The predicted molar refractivity (Wildman–Crippen MR) is 103 cm³/mol. The van der Waals surface area contributed by atoms with Gasteiger partial charge in [0.05, 0.1) is 24.3 Å². The summed E-state index contributed by atoms with van der Waals surface area (Å²) in [7, 11) is 0. The summed E-state index contributed by atoms with van der Waals surface area (Å²) in [5.41, 5.74) is -5.67. The van der Waals surface area contributed by atoms with Crippen molar-refractivity contribution in [1.29, 1.82) is 0 Å². The molecule has 192 valence electrons. The molecule has 0 bridgehead atoms. The third-order valence-electron chi connectivity index (χ3n) is 5.86. The van der Waals surface area contributed by atoms with E-state index in [2.05, 4.69) is 25.2 Å². The number of fused-ring (bicyclic) bond motifs is 1. The average molecular weight is 511 g/mol. The molecule has 2 aliphatic rings. The third kappa shape index (κ3) is 4.30. The average Bonchev–Trinajstić information content (AvgIpc) is 3.38. The van der Waals surface area contributed by atoms with E-state index < -0.39 is 65.2 Å². The van der Waals surface area contributed by atoms with Crippen LogP contribution in [0.3, 0.4) is 0 Å². The predicted octanol–water partition coefficient (Wildman–Crippen LogP) is 3.07. The van der Waals surface area contributed by atoms with Gasteiger partial charge in [0, 0.05) is 19.0 Å². The molecule has 2 aromatic heterocycles. The number of aliphatic hydroxyl groups is 1. The molecule has 0 aliphatic carbocycles. The fourth-order valence-corrected chi connectivity index (χ4v) is 4.22. The van der Waals surface area contributed by atoms with E-state index in [9.17, 15) is 41.0 Å². The number of anilines is 2. The Kier molecular flexibility index (Phi) is 5.97. The van der Waals surface area contributed by atoms with E-state index in [0.717, 1.165) is 0 Å². The van der Waals surface area contributed by atoms with Crippen LogP contribution in [-0.2, 0) is 21.3 Å². The normalized spacial score (nSPS) is 21.6. The monoisotopic (exact) mass is 511 g/mol. The van der Waals surface area contributed by atoms with Crippen molar-refractivity contribution in [3.8, 4) is 0 Å². The molecule has 2 aromatic rings. The number of ether oxygens (including phenoxy) is 1. The molecule has 10 nitrogen and oxygen atoms in total. The van der Waals surface area contributed by atoms with Crippen LogP contribution in [0.2, 0.25) is 0 Å². The van der Waals surface area contributed by atoms with E-state index in [1.807, 2.05) is 0 Å². The van der Waals surface area contributed by atoms with Crippen LogP contribution in [0, 0.1) is 0 Å². The van der Waals surface area contributed by atoms with Crippen LogP contribution in [0.1, 0.15) is 59.6 Å². The fraction of sp³-hybridized carbons (Fsp3) is 0.579. The maximum absolute atomic E-state index is 13.7. The summed E-state index contributed by atoms with van der Waals surface area (Å²) < 4.78 is 90.8. The van der Waals surface area contributed by atoms with Gasteiger partial charge >= 0.3 is 18.3 Å². The van der Waals surface area contributed by atoms with E-state index in [-0.39, 0.29) is 44.0 Å². The van der Waals surface area contributed by atoms with Crippen molar-refractivity contribution < 1.29 is 50.2 Å². The molecule has 1 atom stereocenters. The zero-order valence-electron chi connectivity index (χ0n) is 18.0. The number of halogens is 6. The molecule has 0 radical (unpaired) electrons. The highest BCUT2D eigenvalue weighted by Gasteiger charge is 2.61. The smallest absolute Gasteiger partial charge is 0.437 e. The summed E-state index contributed by atoms with van der Waals surface area (Å²) in [6.07, 6.45) is -11.2. The number of carbonyl (C=O) groups excluding carboxylic acids is 2. The van der Waals surface area contributed by atoms with Crippen molar-refractivity contribution in [2.75, 3.05) is 29.9 Å². The summed E-state index contributed by atoms with van der Waals surface area (Å²) in [5, 5.41) is 18.9. The van der Waals surface area contributed by atoms with Gasteiger partial charge in [-0.3, -0.25) is 9.89 Å². The maximum Gasteiger partial charge on any atom is 0.437 e. The summed E-state index contributed by atoms with van der Waals surface area (Å²) in [4.78, 5) is 28.3. The minimum Gasteiger partial charge on any atom is -0.460 e. The standard InChI is InChI=1S/C19H19F6N5O5/c1-2-34-15(32)12-13(18(20,21)22)27-16(35-12)30-5-3-8(4-6-30)11-10-14(29-28-11)26-9(31)7-17(10,33)19(23,24)25/h8,33H,2-7H2,1H3,(H2,26,28,29,31). The number of piperidine rings is 1. The number of carbonyl (C=O) groups is 2. The molecule has 4 rings (SSSR count). The van der Waals surface area contributed by atoms with Crippen LogP contribution in [0.5, 0.6) is 0 Å². The van der Waals surface area contributed by atoms with Gasteiger partial charge in [-0.25, -0.2) is 4.79 Å². The van der Waals surface area contributed by atoms with Gasteiger partial charge in [-0.05, 0) is 19.8 Å². The first-order valence-corrected chi connectivity index (χ1v) is 10.4. The van der Waals surface area contributed by atoms with Gasteiger partial charge in [0.2, 0.25) is 11.7 Å². The number of nitrogens with one attached hydrogen (secondary N) is 2. The van der Waals surface area contributed by atoms with Crippen molar-refractivity contribution in [2.24, 2.45) is 0 Å². The van der Waals surface area contributed by atoms with E-state index in [1.165, 1.54) is 11.8 Å². The van der Waals surface area contributed by atoms with Gasteiger partial charge in [-0.1, -0.05) is 0 Å². The number of rotatable bonds is 4. The van der Waals surface area contributed by atoms with E-state index in [1.54, 1.807) is 0 Å². The van der Waals surface area contributed by atoms with Crippen LogP contribution in [-0.4, -0.2) is 58.0 Å². The molecule has 1 unspecified atom stereocenters. The van der Waals surface area contributed by atoms with Gasteiger partial charge in [0.15, 0.2) is 11.3 Å². The summed E-state index contributed by atoms with van der Waals surface area (Å²) in [5.74, 6) is -4.45. The minimum absolute atomic E-state index is 0.00316. The first-order valence-electron chi connectivity index (χ1n) is 10.4. The lowest BCUT2D eigenvalue weighted by Crippen LogP contribution is -2.48. The Morgan fingerprint density at radius 3 is 2.49 bits per heavy atom. The Balaban J connectivity index is 1.58. The Morgan fingerprint density at radius 1 is 1.26 bits per heavy atom. The van der Waals surface area contributed by atoms with Gasteiger partial charge in [0.25, 0.3) is 6.01 Å². The summed E-state index contributed by atoms with van der Waals surface area (Å²) in [6, 6.07) is -0.484. The highest BCUT2D eigenvalue weighted by atomic mass is 19.4. The quantitative estimate of drug-likeness (QED) is 0.422. The second kappa shape index (κ2) is 8.42. The molecule has 0 aromatic carbocycles. The van der Waals surface area contributed by atoms with Crippen molar-refractivity contribution in [1.82, 2.24) is 15.2 Å². The number of aromatic nitrogens is 3. The van der Waals surface area contributed by atoms with Crippen molar-refractivity contribution in [3.63, 3.8) is 0 Å². The van der Waals surface area contributed by atoms with Gasteiger partial charge in [0.1, 0.15) is 5.82 Å². The van der Waals surface area contributed by atoms with Crippen molar-refractivity contribution in [3.05, 3.63) is 22.7 Å². The number of aromatic amines is 1. The van der Waals surface area contributed by atoms with Crippen LogP contribution >= 0.6 is 0 Å². The second-order valence-electron chi connectivity index (χ2n) is 8.10. The first kappa shape index (κ1) is 24.8. The Morgan fingerprint density at radius 2 is 1.91 bits per heavy atom. The van der Waals surface area contributed by atoms with Crippen molar-refractivity contribution in [2.45, 2.75) is 50.1 Å². The van der Waals surface area contributed by atoms with Crippen LogP contribution in [0.15, 0.2) is 4.42 Å². The Bertz CT molecular complexity index is 1130. The highest BCUT2D eigenvalue weighted by Crippen LogP contribution is 2.50. The van der Waals surface area contributed by atoms with E-state index in [0.29, 0.717) is 0 Å². The van der Waals surface area contributed by atoms with Crippen molar-refractivity contribution >= 4 is 23.7 Å². The van der Waals surface area contributed by atoms with Gasteiger partial charge in [-0.15, -0.1) is 0 Å². The lowest BCUT2D eigenvalue weighted by molar-refractivity contribution is -0.267. The number of nitrogens with zero attached hydrogens (tertiary/aromatic N) is 3. The van der Waals surface area contributed by atoms with Crippen LogP contribution in [0.4, 0.5) is 38.2 Å². The second-order valence-corrected chi connectivity index (χ2v) is 8.10. The number of hydrogen-bond acceptors (Lipinski definition) is 8. The SMILES string of the molecule is CCOC(=O)c1oc(N2CCC(c3n[nH]c4c3C(O)(C(F)(F)F)CC(=O)N4)CC2)nc1C(F)(F)F. The molecular formula is C19H19F6N5O5. The summed E-state index contributed by atoms with van der Waals surface area (Å²) in [6.45, 7) is 1.23. The molecular weight excluding hydrogens is 492 g/mol. The lowest BCUT2D eigenvalue weighted by Gasteiger charge is -2.36. The molecule has 1 saturated heterocycles. The Hall–Kier alpha value is -3.30. The van der Waals surface area contributed by atoms with E-state index in [4.69, 9.17) is 4.42 Å². The number of alkyl halides is 6. The van der Waals surface area contributed by atoms with Crippen LogP contribution < -0.4 is 10.2 Å². The van der Waals surface area contributed by atoms with Gasteiger partial charge < -0.3 is 24.5 Å². The van der Waals surface area contributed by atoms with E-state index >= 15 is 0 Å². The third-order valence-corrected chi connectivity index (χ3v) is 5.86. The molecule has 4 heterocycles. The number of hydrogen-bond donors (Lipinski definition) is 3. The molecule has 0 saturated carbocycles. The molecule has 2 aliphatic heterocycles. The molecule has 3 N–H and O–H groups in total. The lowest BCUT2D eigenvalue weighted by atomic mass is 9.81. The van der Waals surface area contributed by atoms with Crippen LogP contribution in [0.25, 0.3) is 0 Å². The zero-order valence-corrected chi connectivity index (χ0v) is 18.0. The highest BCUT2D eigenvalue weighted by molar-refractivity contribution is 5.94. The Labute approximate surface area is 192 Å². The molecule has 35 heavy (non-hydrogen) atoms. The number of oxazole rings is 1. The molecule has 1 fully saturated rings. The molecule has 16 heteroatoms. The van der Waals surface area contributed by atoms with Gasteiger partial charge in [-0.2, -0.15) is 36.4 Å². The topological polar surface area (TPSA) is 134 Å².